The quantitative estimate of drug-likeness (QED) is 0.106. The smallest absolute Gasteiger partial charge is 0.338 e. The Morgan fingerprint density at radius 1 is 0.750 bits per heavy atom. The fourth-order valence-corrected chi connectivity index (χ4v) is 3.92. The van der Waals surface area contributed by atoms with Gasteiger partial charge in [-0.25, -0.2) is 15.0 Å². The summed E-state index contributed by atoms with van der Waals surface area (Å²) in [5.74, 6) is 1.76. The summed E-state index contributed by atoms with van der Waals surface area (Å²) in [6.45, 7) is 7.22. The van der Waals surface area contributed by atoms with Crippen molar-refractivity contribution in [2.45, 2.75) is 39.9 Å². The van der Waals surface area contributed by atoms with Crippen molar-refractivity contribution in [3.05, 3.63) is 102 Å². The van der Waals surface area contributed by atoms with Gasteiger partial charge in [-0.2, -0.15) is 14.9 Å². The first-order valence-corrected chi connectivity index (χ1v) is 13.8. The minimum atomic E-state index is -0.371. The van der Waals surface area contributed by atoms with E-state index in [-0.39, 0.29) is 30.1 Å². The average molecular weight is 595 g/mol. The minimum absolute atomic E-state index is 0.187. The van der Waals surface area contributed by atoms with Gasteiger partial charge in [-0.1, -0.05) is 24.3 Å². The molecule has 224 valence electrons. The van der Waals surface area contributed by atoms with E-state index in [0.29, 0.717) is 34.2 Å². The van der Waals surface area contributed by atoms with E-state index in [1.807, 2.05) is 12.1 Å². The van der Waals surface area contributed by atoms with Crippen LogP contribution in [-0.4, -0.2) is 51.4 Å². The molecule has 0 spiro atoms. The lowest BCUT2D eigenvalue weighted by Crippen LogP contribution is -2.11. The number of hydrazone groups is 1. The fraction of sp³-hybridized carbons (Fsp3) is 0.188. The van der Waals surface area contributed by atoms with Crippen LogP contribution < -0.4 is 5.43 Å². The number of nitrogens with one attached hydrogen (secondary N) is 1. The van der Waals surface area contributed by atoms with Gasteiger partial charge in [0.1, 0.15) is 29.4 Å². The van der Waals surface area contributed by atoms with Gasteiger partial charge in [0.2, 0.25) is 0 Å². The maximum absolute atomic E-state index is 12.1. The highest BCUT2D eigenvalue weighted by Crippen LogP contribution is 2.24. The maximum Gasteiger partial charge on any atom is 0.338 e. The van der Waals surface area contributed by atoms with Crippen LogP contribution in [-0.2, 0) is 9.47 Å². The predicted molar refractivity (Wildman–Crippen MR) is 164 cm³/mol. The lowest BCUT2D eigenvalue weighted by Gasteiger charge is -2.07. The summed E-state index contributed by atoms with van der Waals surface area (Å²) in [6.07, 6.45) is 4.05. The van der Waals surface area contributed by atoms with Crippen LogP contribution in [0.1, 0.15) is 59.9 Å². The molecule has 0 saturated carbocycles. The zero-order valence-corrected chi connectivity index (χ0v) is 24.5. The van der Waals surface area contributed by atoms with Gasteiger partial charge in [0.25, 0.3) is 5.95 Å². The number of anilines is 1. The molecule has 0 saturated heterocycles. The Hall–Kier alpha value is -5.78. The molecule has 0 aliphatic rings. The van der Waals surface area contributed by atoms with Crippen molar-refractivity contribution in [1.29, 1.82) is 0 Å². The molecule has 2 aromatic carbocycles. The van der Waals surface area contributed by atoms with Crippen LogP contribution in [0.15, 0.2) is 98.2 Å². The molecule has 3 aromatic heterocycles. The summed E-state index contributed by atoms with van der Waals surface area (Å²) in [7, 11) is 0. The number of hydrogen-bond donors (Lipinski definition) is 1. The molecule has 12 heteroatoms. The van der Waals surface area contributed by atoms with Crippen LogP contribution >= 0.6 is 0 Å². The molecule has 5 rings (SSSR count). The average Bonchev–Trinajstić information content (AvgIpc) is 3.77. The van der Waals surface area contributed by atoms with Crippen LogP contribution in [0.3, 0.4) is 0 Å². The van der Waals surface area contributed by atoms with Crippen molar-refractivity contribution >= 4 is 30.3 Å². The fourth-order valence-electron chi connectivity index (χ4n) is 3.92. The third-order valence-electron chi connectivity index (χ3n) is 5.95. The van der Waals surface area contributed by atoms with E-state index in [4.69, 9.17) is 18.3 Å². The molecule has 0 aliphatic carbocycles. The van der Waals surface area contributed by atoms with Gasteiger partial charge in [-0.05, 0) is 76.2 Å². The molecule has 0 radical (unpaired) electrons. The van der Waals surface area contributed by atoms with E-state index in [1.54, 1.807) is 88.4 Å². The first-order valence-electron chi connectivity index (χ1n) is 13.8. The largest absolute Gasteiger partial charge is 0.459 e. The summed E-state index contributed by atoms with van der Waals surface area (Å²) >= 11 is 0. The number of benzene rings is 2. The lowest BCUT2D eigenvalue weighted by atomic mass is 10.1. The van der Waals surface area contributed by atoms with E-state index in [0.717, 1.165) is 11.1 Å². The summed E-state index contributed by atoms with van der Waals surface area (Å²) in [5.41, 5.74) is 5.33. The van der Waals surface area contributed by atoms with E-state index < -0.39 is 0 Å². The second-order valence-electron chi connectivity index (χ2n) is 10.1. The lowest BCUT2D eigenvalue weighted by molar-refractivity contribution is 0.0367. The van der Waals surface area contributed by atoms with E-state index in [1.165, 1.54) is 23.4 Å². The number of furan rings is 2. The van der Waals surface area contributed by atoms with Crippen molar-refractivity contribution < 1.29 is 27.9 Å². The number of carbonyl (C=O) groups excluding carboxylic acids is 2. The molecule has 0 fully saturated rings. The Labute approximate surface area is 253 Å². The van der Waals surface area contributed by atoms with Crippen molar-refractivity contribution in [2.24, 2.45) is 10.2 Å². The number of rotatable bonds is 11. The molecule has 5 aromatic rings. The zero-order chi connectivity index (χ0) is 31.1. The SMILES string of the molecule is CC(C)OC(=O)c1ccc(-c2ccc(/C=N\n3cnnc3N/N=C/c3ccc(-c4ccc(C(=O)OC(C)C)cc4)o3)o2)cc1. The zero-order valence-electron chi connectivity index (χ0n) is 24.5. The molecule has 1 N–H and O–H groups in total. The third kappa shape index (κ3) is 7.53. The number of carbonyl (C=O) groups is 2. The summed E-state index contributed by atoms with van der Waals surface area (Å²) in [4.78, 5) is 24.1. The van der Waals surface area contributed by atoms with Crippen LogP contribution in [0.2, 0.25) is 0 Å². The first kappa shape index (κ1) is 29.7. The molecule has 0 aliphatic heterocycles. The maximum atomic E-state index is 12.1. The number of aromatic nitrogens is 3. The Morgan fingerprint density at radius 3 is 1.75 bits per heavy atom. The van der Waals surface area contributed by atoms with Gasteiger partial charge < -0.3 is 18.3 Å². The molecule has 12 nitrogen and oxygen atoms in total. The summed E-state index contributed by atoms with van der Waals surface area (Å²) in [5, 5.41) is 16.4. The normalized spacial score (nSPS) is 11.6. The van der Waals surface area contributed by atoms with E-state index >= 15 is 0 Å². The van der Waals surface area contributed by atoms with Crippen molar-refractivity contribution in [3.8, 4) is 22.6 Å². The number of ether oxygens (including phenoxy) is 2. The van der Waals surface area contributed by atoms with Crippen LogP contribution in [0.4, 0.5) is 5.95 Å². The van der Waals surface area contributed by atoms with Crippen LogP contribution in [0.5, 0.6) is 0 Å². The molecule has 3 heterocycles. The van der Waals surface area contributed by atoms with Gasteiger partial charge in [0.05, 0.1) is 35.8 Å². The monoisotopic (exact) mass is 594 g/mol. The topological polar surface area (TPSA) is 146 Å². The highest BCUT2D eigenvalue weighted by Gasteiger charge is 2.12. The summed E-state index contributed by atoms with van der Waals surface area (Å²) in [6, 6.07) is 21.1. The molecular weight excluding hydrogens is 564 g/mol. The molecule has 0 bridgehead atoms. The molecular formula is C32H30N6O6. The molecule has 0 atom stereocenters. The van der Waals surface area contributed by atoms with Gasteiger partial charge in [0.15, 0.2) is 0 Å². The van der Waals surface area contributed by atoms with E-state index in [2.05, 4.69) is 25.8 Å². The highest BCUT2D eigenvalue weighted by atomic mass is 16.5. The van der Waals surface area contributed by atoms with Crippen molar-refractivity contribution in [1.82, 2.24) is 14.9 Å². The van der Waals surface area contributed by atoms with Gasteiger partial charge in [-0.15, -0.1) is 10.2 Å². The molecule has 0 amide bonds. The Morgan fingerprint density at radius 2 is 1.25 bits per heavy atom. The van der Waals surface area contributed by atoms with Crippen LogP contribution in [0.25, 0.3) is 22.6 Å². The Kier molecular flexibility index (Phi) is 9.09. The third-order valence-corrected chi connectivity index (χ3v) is 5.95. The first-order chi connectivity index (χ1) is 21.2. The van der Waals surface area contributed by atoms with Crippen molar-refractivity contribution in [3.63, 3.8) is 0 Å². The van der Waals surface area contributed by atoms with E-state index in [9.17, 15) is 9.59 Å². The van der Waals surface area contributed by atoms with Gasteiger partial charge in [-0.3, -0.25) is 0 Å². The standard InChI is InChI=1S/C32H30N6O6/c1-20(2)41-30(39)24-9-5-22(6-10-24)28-15-13-26(43-28)17-33-36-32-37-34-19-38(32)35-18-27-14-16-29(44-27)23-7-11-25(12-8-23)31(40)42-21(3)4/h5-21H,1-4H3,(H,36,37)/b33-17+,35-18-. The molecule has 44 heavy (non-hydrogen) atoms. The highest BCUT2D eigenvalue weighted by molar-refractivity contribution is 5.90. The summed E-state index contributed by atoms with van der Waals surface area (Å²) < 4.78 is 23.6. The Balaban J connectivity index is 1.17. The Bertz CT molecular complexity index is 1780. The van der Waals surface area contributed by atoms with Gasteiger partial charge in [0, 0.05) is 11.1 Å². The minimum Gasteiger partial charge on any atom is -0.459 e. The predicted octanol–water partition coefficient (Wildman–Crippen LogP) is 6.26. The number of esters is 2. The van der Waals surface area contributed by atoms with Gasteiger partial charge >= 0.3 is 11.9 Å². The molecule has 0 unspecified atom stereocenters. The second kappa shape index (κ2) is 13.5. The second-order valence-corrected chi connectivity index (χ2v) is 10.1. The number of nitrogens with zero attached hydrogens (tertiary/aromatic N) is 5. The number of hydrogen-bond acceptors (Lipinski definition) is 11. The van der Waals surface area contributed by atoms with Crippen molar-refractivity contribution in [2.75, 3.05) is 5.43 Å². The van der Waals surface area contributed by atoms with Crippen LogP contribution in [0, 0.1) is 0 Å².